The van der Waals surface area contributed by atoms with Crippen molar-refractivity contribution in [3.8, 4) is 0 Å². The minimum absolute atomic E-state index is 0.154. The number of nitrogens with one attached hydrogen (secondary N) is 2. The highest BCUT2D eigenvalue weighted by Gasteiger charge is 2.36. The van der Waals surface area contributed by atoms with Gasteiger partial charge in [-0.25, -0.2) is 14.4 Å². The van der Waals surface area contributed by atoms with E-state index in [9.17, 15) is 0 Å². The highest BCUT2D eigenvalue weighted by atomic mass is 32.1. The lowest BCUT2D eigenvalue weighted by Gasteiger charge is -2.40. The number of rotatable bonds is 5. The first kappa shape index (κ1) is 25.3. The maximum Gasteiger partial charge on any atom is 0.169 e. The van der Waals surface area contributed by atoms with Gasteiger partial charge in [0.25, 0.3) is 0 Å². The van der Waals surface area contributed by atoms with Crippen molar-refractivity contribution in [2.24, 2.45) is 16.8 Å². The van der Waals surface area contributed by atoms with Crippen LogP contribution in [0, 0.1) is 25.7 Å². The van der Waals surface area contributed by atoms with Gasteiger partial charge in [0, 0.05) is 32.8 Å². The SMILES string of the molecule is C=C(NC(=NC1CC2CCC1CC2)/C(F)=C(\C)c1ccc(C)s1)c1c[nH]c2ncc(C)nc12.CC. The van der Waals surface area contributed by atoms with Crippen LogP contribution in [-0.2, 0) is 0 Å². The van der Waals surface area contributed by atoms with Crippen LogP contribution in [0.4, 0.5) is 4.39 Å². The van der Waals surface area contributed by atoms with Gasteiger partial charge in [-0.15, -0.1) is 11.3 Å². The first-order valence-electron chi connectivity index (χ1n) is 12.7. The number of aromatic nitrogens is 3. The number of nitrogens with zero attached hydrogens (tertiary/aromatic N) is 3. The van der Waals surface area contributed by atoms with Crippen LogP contribution < -0.4 is 5.32 Å². The van der Waals surface area contributed by atoms with Gasteiger partial charge < -0.3 is 10.3 Å². The Morgan fingerprint density at radius 1 is 1.20 bits per heavy atom. The van der Waals surface area contributed by atoms with E-state index in [2.05, 4.69) is 26.8 Å². The molecule has 1 unspecified atom stereocenters. The molecule has 5 nitrogen and oxygen atoms in total. The number of hydrogen-bond donors (Lipinski definition) is 2. The van der Waals surface area contributed by atoms with E-state index in [-0.39, 0.29) is 17.7 Å². The Kier molecular flexibility index (Phi) is 7.85. The minimum Gasteiger partial charge on any atom is -0.344 e. The first-order valence-corrected chi connectivity index (χ1v) is 13.5. The molecule has 0 amide bonds. The lowest BCUT2D eigenvalue weighted by atomic mass is 9.68. The number of hydrogen-bond acceptors (Lipinski definition) is 4. The van der Waals surface area contributed by atoms with Crippen LogP contribution in [0.1, 0.15) is 73.9 Å². The highest BCUT2D eigenvalue weighted by Crippen LogP contribution is 2.43. The average molecular weight is 494 g/mol. The number of allylic oxidation sites excluding steroid dienone is 1. The standard InChI is InChI=1S/C26H30FN5S.C2H6/c1-14-12-28-26-24(30-14)20(13-29-26)17(4)31-25(23(27)16(3)22-10-5-15(2)33-22)32-21-11-18-6-8-19(21)9-7-18;1-2/h5,10,12-13,18-19,21H,4,6-9,11H2,1-3H3,(H,28,29)(H,31,32);1-2H3/b23-16-;. The zero-order chi connectivity index (χ0) is 25.1. The molecule has 7 heteroatoms. The average Bonchev–Trinajstić information content (AvgIpc) is 3.50. The van der Waals surface area contributed by atoms with Crippen molar-refractivity contribution < 1.29 is 4.39 Å². The van der Waals surface area contributed by atoms with Crippen LogP contribution in [0.25, 0.3) is 22.4 Å². The largest absolute Gasteiger partial charge is 0.344 e. The maximum absolute atomic E-state index is 15.9. The van der Waals surface area contributed by atoms with E-state index < -0.39 is 0 Å². The fourth-order valence-electron chi connectivity index (χ4n) is 5.15. The predicted octanol–water partition coefficient (Wildman–Crippen LogP) is 7.60. The van der Waals surface area contributed by atoms with Crippen molar-refractivity contribution in [3.05, 3.63) is 57.9 Å². The van der Waals surface area contributed by atoms with Crippen LogP contribution in [0.5, 0.6) is 0 Å². The second kappa shape index (κ2) is 10.9. The van der Waals surface area contributed by atoms with Gasteiger partial charge in [-0.2, -0.15) is 0 Å². The molecule has 6 rings (SSSR count). The smallest absolute Gasteiger partial charge is 0.169 e. The Hall–Kier alpha value is -2.80. The summed E-state index contributed by atoms with van der Waals surface area (Å²) in [7, 11) is 0. The van der Waals surface area contributed by atoms with Crippen LogP contribution in [0.3, 0.4) is 0 Å². The normalized spacial score (nSPS) is 22.5. The van der Waals surface area contributed by atoms with E-state index in [1.807, 2.05) is 52.9 Å². The topological polar surface area (TPSA) is 66.0 Å². The van der Waals surface area contributed by atoms with Crippen molar-refractivity contribution in [2.75, 3.05) is 0 Å². The third-order valence-electron chi connectivity index (χ3n) is 7.05. The van der Waals surface area contributed by atoms with Gasteiger partial charge in [-0.3, -0.25) is 4.99 Å². The van der Waals surface area contributed by atoms with E-state index in [1.165, 1.54) is 25.7 Å². The Morgan fingerprint density at radius 3 is 2.57 bits per heavy atom. The lowest BCUT2D eigenvalue weighted by molar-refractivity contribution is 0.148. The number of halogens is 1. The summed E-state index contributed by atoms with van der Waals surface area (Å²) in [4.78, 5) is 19.2. The van der Waals surface area contributed by atoms with Crippen molar-refractivity contribution >= 4 is 39.6 Å². The second-order valence-electron chi connectivity index (χ2n) is 9.43. The van der Waals surface area contributed by atoms with Gasteiger partial charge in [-0.1, -0.05) is 33.3 Å². The van der Waals surface area contributed by atoms with Crippen molar-refractivity contribution in [1.29, 1.82) is 0 Å². The summed E-state index contributed by atoms with van der Waals surface area (Å²) < 4.78 is 15.9. The zero-order valence-corrected chi connectivity index (χ0v) is 22.2. The van der Waals surface area contributed by atoms with Gasteiger partial charge in [-0.05, 0) is 64.0 Å². The molecule has 186 valence electrons. The molecule has 0 radical (unpaired) electrons. The molecule has 0 aromatic carbocycles. The van der Waals surface area contributed by atoms with Gasteiger partial charge in [0.2, 0.25) is 0 Å². The Balaban J connectivity index is 0.00000141. The molecule has 3 aliphatic carbocycles. The monoisotopic (exact) mass is 493 g/mol. The van der Waals surface area contributed by atoms with Gasteiger partial charge >= 0.3 is 0 Å². The molecule has 0 saturated heterocycles. The van der Waals surface area contributed by atoms with Crippen LogP contribution >= 0.6 is 11.3 Å². The van der Waals surface area contributed by atoms with E-state index in [0.29, 0.717) is 28.8 Å². The molecule has 0 spiro atoms. The quantitative estimate of drug-likeness (QED) is 0.284. The summed E-state index contributed by atoms with van der Waals surface area (Å²) >= 11 is 1.59. The molecule has 3 aromatic heterocycles. The number of amidine groups is 1. The molecule has 3 aliphatic rings. The summed E-state index contributed by atoms with van der Waals surface area (Å²) in [5, 5.41) is 3.23. The lowest BCUT2D eigenvalue weighted by Crippen LogP contribution is -2.36. The molecular formula is C28H36FN5S. The highest BCUT2D eigenvalue weighted by molar-refractivity contribution is 7.13. The van der Waals surface area contributed by atoms with Crippen molar-refractivity contribution in [3.63, 3.8) is 0 Å². The van der Waals surface area contributed by atoms with Crippen LogP contribution in [-0.4, -0.2) is 26.8 Å². The Bertz CT molecular complexity index is 1260. The molecule has 3 aromatic rings. The Morgan fingerprint density at radius 2 is 1.94 bits per heavy atom. The molecule has 35 heavy (non-hydrogen) atoms. The fraction of sp³-hybridized carbons (Fsp3) is 0.464. The van der Waals surface area contributed by atoms with Gasteiger partial charge in [0.05, 0.1) is 17.9 Å². The molecule has 0 aliphatic heterocycles. The molecule has 3 fully saturated rings. The first-order chi connectivity index (χ1) is 16.9. The number of aliphatic imine (C=N–C) groups is 1. The number of H-pyrrole nitrogens is 1. The number of fused-ring (bicyclic) bond motifs is 4. The summed E-state index contributed by atoms with van der Waals surface area (Å²) in [6, 6.07) is 4.15. The van der Waals surface area contributed by atoms with E-state index in [0.717, 1.165) is 32.9 Å². The Labute approximate surface area is 211 Å². The van der Waals surface area contributed by atoms with E-state index >= 15 is 4.39 Å². The van der Waals surface area contributed by atoms with Crippen molar-refractivity contribution in [2.45, 2.75) is 72.8 Å². The molecule has 2 bridgehead atoms. The number of aromatic amines is 1. The second-order valence-corrected chi connectivity index (χ2v) is 10.7. The van der Waals surface area contributed by atoms with Crippen LogP contribution in [0.15, 0.2) is 41.9 Å². The summed E-state index contributed by atoms with van der Waals surface area (Å²) in [5.41, 5.74) is 4.16. The summed E-state index contributed by atoms with van der Waals surface area (Å²) in [6.45, 7) is 14.0. The molecule has 3 heterocycles. The molecular weight excluding hydrogens is 457 g/mol. The van der Waals surface area contributed by atoms with Gasteiger partial charge in [0.1, 0.15) is 5.52 Å². The number of thiophene rings is 1. The maximum atomic E-state index is 15.9. The van der Waals surface area contributed by atoms with Crippen LogP contribution in [0.2, 0.25) is 0 Å². The van der Waals surface area contributed by atoms with Crippen molar-refractivity contribution in [1.82, 2.24) is 20.3 Å². The summed E-state index contributed by atoms with van der Waals surface area (Å²) in [5.74, 6) is 1.21. The number of aryl methyl sites for hydroxylation is 2. The zero-order valence-electron chi connectivity index (χ0n) is 21.4. The third-order valence-corrected chi connectivity index (χ3v) is 8.17. The van der Waals surface area contributed by atoms with Gasteiger partial charge in [0.15, 0.2) is 17.3 Å². The molecule has 2 N–H and O–H groups in total. The predicted molar refractivity (Wildman–Crippen MR) is 146 cm³/mol. The minimum atomic E-state index is -0.318. The van der Waals surface area contributed by atoms with E-state index in [1.54, 1.807) is 17.5 Å². The van der Waals surface area contributed by atoms with E-state index in [4.69, 9.17) is 4.99 Å². The molecule has 3 saturated carbocycles. The summed E-state index contributed by atoms with van der Waals surface area (Å²) in [6.07, 6.45) is 9.54. The molecule has 1 atom stereocenters. The fourth-order valence-corrected chi connectivity index (χ4v) is 6.01. The third kappa shape index (κ3) is 5.40.